The maximum absolute atomic E-state index is 6.03. The van der Waals surface area contributed by atoms with Crippen LogP contribution in [0.3, 0.4) is 0 Å². The van der Waals surface area contributed by atoms with Gasteiger partial charge < -0.3 is 10.3 Å². The molecule has 2 aromatic rings. The molecule has 1 aliphatic carbocycles. The molecule has 0 amide bonds. The summed E-state index contributed by atoms with van der Waals surface area (Å²) in [5, 5.41) is 3.95. The number of nitrogens with zero attached hydrogens (tertiary/aromatic N) is 4. The molecule has 3 rings (SSSR count). The molecule has 0 spiro atoms. The first-order valence-electron chi connectivity index (χ1n) is 7.11. The van der Waals surface area contributed by atoms with Crippen LogP contribution < -0.4 is 5.73 Å². The average molecular weight is 273 g/mol. The molecule has 1 fully saturated rings. The van der Waals surface area contributed by atoms with Crippen molar-refractivity contribution in [2.45, 2.75) is 51.4 Å². The van der Waals surface area contributed by atoms with Crippen LogP contribution in [-0.4, -0.2) is 20.1 Å². The lowest BCUT2D eigenvalue weighted by Crippen LogP contribution is -2.05. The summed E-state index contributed by atoms with van der Waals surface area (Å²) in [6, 6.07) is 0. The van der Waals surface area contributed by atoms with E-state index in [2.05, 4.69) is 20.1 Å². The number of rotatable bonds is 3. The molecule has 2 aromatic heterocycles. The van der Waals surface area contributed by atoms with Gasteiger partial charge in [-0.15, -0.1) is 0 Å². The highest BCUT2D eigenvalue weighted by Gasteiger charge is 2.22. The maximum Gasteiger partial charge on any atom is 0.229 e. The van der Waals surface area contributed by atoms with Crippen LogP contribution in [0.5, 0.6) is 0 Å². The first-order chi connectivity index (χ1) is 9.65. The van der Waals surface area contributed by atoms with Gasteiger partial charge in [-0.1, -0.05) is 31.8 Å². The quantitative estimate of drug-likeness (QED) is 0.924. The van der Waals surface area contributed by atoms with Crippen LogP contribution in [0.2, 0.25) is 0 Å². The molecule has 20 heavy (non-hydrogen) atoms. The monoisotopic (exact) mass is 273 g/mol. The average Bonchev–Trinajstić information content (AvgIpc) is 3.10. The zero-order valence-corrected chi connectivity index (χ0v) is 11.8. The molecular formula is C14H19N5O. The lowest BCUT2D eigenvalue weighted by Gasteiger charge is -2.08. The molecule has 0 radical (unpaired) electrons. The number of anilines is 1. The molecule has 2 N–H and O–H groups in total. The topological polar surface area (TPSA) is 90.7 Å². The van der Waals surface area contributed by atoms with Gasteiger partial charge in [-0.25, -0.2) is 9.97 Å². The zero-order valence-electron chi connectivity index (χ0n) is 11.8. The Morgan fingerprint density at radius 3 is 2.60 bits per heavy atom. The van der Waals surface area contributed by atoms with Crippen molar-refractivity contribution >= 4 is 5.82 Å². The summed E-state index contributed by atoms with van der Waals surface area (Å²) < 4.78 is 5.19. The summed E-state index contributed by atoms with van der Waals surface area (Å²) in [5.74, 6) is 2.97. The molecule has 0 unspecified atom stereocenters. The predicted octanol–water partition coefficient (Wildman–Crippen LogP) is 2.89. The van der Waals surface area contributed by atoms with E-state index in [0.717, 1.165) is 18.7 Å². The third-order valence-corrected chi connectivity index (χ3v) is 3.73. The Balaban J connectivity index is 1.89. The van der Waals surface area contributed by atoms with E-state index in [0.29, 0.717) is 29.0 Å². The van der Waals surface area contributed by atoms with Crippen molar-refractivity contribution in [3.63, 3.8) is 0 Å². The minimum atomic E-state index is 0.191. The van der Waals surface area contributed by atoms with Crippen LogP contribution in [0.1, 0.15) is 63.1 Å². The van der Waals surface area contributed by atoms with Crippen molar-refractivity contribution in [3.05, 3.63) is 17.9 Å². The molecule has 6 heteroatoms. The van der Waals surface area contributed by atoms with Gasteiger partial charge in [0.1, 0.15) is 11.6 Å². The Morgan fingerprint density at radius 2 is 2.00 bits per heavy atom. The van der Waals surface area contributed by atoms with Gasteiger partial charge in [-0.2, -0.15) is 4.98 Å². The Bertz CT molecular complexity index is 601. The van der Waals surface area contributed by atoms with Crippen molar-refractivity contribution in [2.75, 3.05) is 5.73 Å². The van der Waals surface area contributed by atoms with Crippen molar-refractivity contribution in [1.82, 2.24) is 20.1 Å². The molecule has 1 saturated carbocycles. The SMILES string of the molecule is CC(C)c1nc(-c2cnc(C3CCCC3)nc2N)no1. The summed E-state index contributed by atoms with van der Waals surface area (Å²) in [7, 11) is 0. The van der Waals surface area contributed by atoms with Gasteiger partial charge in [-0.3, -0.25) is 0 Å². The van der Waals surface area contributed by atoms with E-state index in [9.17, 15) is 0 Å². The van der Waals surface area contributed by atoms with E-state index in [1.807, 2.05) is 13.8 Å². The van der Waals surface area contributed by atoms with Crippen LogP contribution in [-0.2, 0) is 0 Å². The minimum absolute atomic E-state index is 0.191. The van der Waals surface area contributed by atoms with Gasteiger partial charge in [0.15, 0.2) is 0 Å². The van der Waals surface area contributed by atoms with E-state index >= 15 is 0 Å². The zero-order chi connectivity index (χ0) is 14.1. The van der Waals surface area contributed by atoms with Crippen LogP contribution in [0.25, 0.3) is 11.4 Å². The van der Waals surface area contributed by atoms with Crippen LogP contribution in [0.15, 0.2) is 10.7 Å². The Hall–Kier alpha value is -1.98. The highest BCUT2D eigenvalue weighted by atomic mass is 16.5. The van der Waals surface area contributed by atoms with E-state index in [1.165, 1.54) is 12.8 Å². The molecule has 2 heterocycles. The molecule has 1 aliphatic rings. The molecular weight excluding hydrogens is 254 g/mol. The highest BCUT2D eigenvalue weighted by molar-refractivity contribution is 5.66. The third-order valence-electron chi connectivity index (χ3n) is 3.73. The standard InChI is InChI=1S/C14H19N5O/c1-8(2)14-18-13(19-20-14)10-7-16-12(17-11(10)15)9-5-3-4-6-9/h7-9H,3-6H2,1-2H3,(H2,15,16,17). The first-order valence-corrected chi connectivity index (χ1v) is 7.11. The number of nitrogens with two attached hydrogens (primary N) is 1. The van der Waals surface area contributed by atoms with E-state index < -0.39 is 0 Å². The number of aromatic nitrogens is 4. The predicted molar refractivity (Wildman–Crippen MR) is 75.0 cm³/mol. The van der Waals surface area contributed by atoms with Crippen molar-refractivity contribution in [1.29, 1.82) is 0 Å². The van der Waals surface area contributed by atoms with Gasteiger partial charge >= 0.3 is 0 Å². The lowest BCUT2D eigenvalue weighted by molar-refractivity contribution is 0.365. The van der Waals surface area contributed by atoms with Gasteiger partial charge in [0.25, 0.3) is 0 Å². The van der Waals surface area contributed by atoms with E-state index in [1.54, 1.807) is 6.20 Å². The van der Waals surface area contributed by atoms with Crippen molar-refractivity contribution in [2.24, 2.45) is 0 Å². The first kappa shape index (κ1) is 13.0. The number of hydrogen-bond acceptors (Lipinski definition) is 6. The van der Waals surface area contributed by atoms with E-state index in [4.69, 9.17) is 10.3 Å². The molecule has 0 saturated heterocycles. The Morgan fingerprint density at radius 1 is 1.25 bits per heavy atom. The van der Waals surface area contributed by atoms with Crippen molar-refractivity contribution < 1.29 is 4.52 Å². The molecule has 0 aromatic carbocycles. The van der Waals surface area contributed by atoms with E-state index in [-0.39, 0.29) is 5.92 Å². The summed E-state index contributed by atoms with van der Waals surface area (Å²) in [5.41, 5.74) is 6.67. The fraction of sp³-hybridized carbons (Fsp3) is 0.571. The second kappa shape index (κ2) is 5.19. The lowest BCUT2D eigenvalue weighted by atomic mass is 10.1. The third kappa shape index (κ3) is 2.37. The fourth-order valence-corrected chi connectivity index (χ4v) is 2.54. The maximum atomic E-state index is 6.03. The van der Waals surface area contributed by atoms with Gasteiger partial charge in [0.2, 0.25) is 11.7 Å². The smallest absolute Gasteiger partial charge is 0.229 e. The van der Waals surface area contributed by atoms with Gasteiger partial charge in [0.05, 0.1) is 5.56 Å². The number of hydrogen-bond donors (Lipinski definition) is 1. The Labute approximate surface area is 117 Å². The largest absolute Gasteiger partial charge is 0.383 e. The summed E-state index contributed by atoms with van der Waals surface area (Å²) in [6.07, 6.45) is 6.51. The summed E-state index contributed by atoms with van der Waals surface area (Å²) >= 11 is 0. The summed E-state index contributed by atoms with van der Waals surface area (Å²) in [4.78, 5) is 13.2. The van der Waals surface area contributed by atoms with Crippen LogP contribution >= 0.6 is 0 Å². The van der Waals surface area contributed by atoms with Gasteiger partial charge in [0, 0.05) is 18.0 Å². The number of nitrogen functional groups attached to an aromatic ring is 1. The van der Waals surface area contributed by atoms with Crippen LogP contribution in [0.4, 0.5) is 5.82 Å². The van der Waals surface area contributed by atoms with Gasteiger partial charge in [-0.05, 0) is 12.8 Å². The normalized spacial score (nSPS) is 16.1. The fourth-order valence-electron chi connectivity index (χ4n) is 2.54. The molecule has 0 aliphatic heterocycles. The second-order valence-electron chi connectivity index (χ2n) is 5.62. The molecule has 0 atom stereocenters. The van der Waals surface area contributed by atoms with Crippen LogP contribution in [0, 0.1) is 0 Å². The molecule has 0 bridgehead atoms. The highest BCUT2D eigenvalue weighted by Crippen LogP contribution is 2.33. The molecule has 6 nitrogen and oxygen atoms in total. The van der Waals surface area contributed by atoms with Crippen molar-refractivity contribution in [3.8, 4) is 11.4 Å². The Kier molecular flexibility index (Phi) is 3.38. The summed E-state index contributed by atoms with van der Waals surface area (Å²) in [6.45, 7) is 4.00. The second-order valence-corrected chi connectivity index (χ2v) is 5.62. The molecule has 106 valence electrons. The minimum Gasteiger partial charge on any atom is -0.383 e.